The van der Waals surface area contributed by atoms with Gasteiger partial charge in [0.25, 0.3) is 11.6 Å². The molecule has 3 rings (SSSR count). The molecule has 0 aliphatic carbocycles. The van der Waals surface area contributed by atoms with Gasteiger partial charge in [-0.15, -0.1) is 0 Å². The fourth-order valence-corrected chi connectivity index (χ4v) is 3.94. The Hall–Kier alpha value is -2.71. The lowest BCUT2D eigenvalue weighted by molar-refractivity contribution is -0.384. The molecule has 0 N–H and O–H groups in total. The first-order valence-corrected chi connectivity index (χ1v) is 9.42. The number of nitro groups is 1. The zero-order valence-corrected chi connectivity index (χ0v) is 16.1. The molecule has 1 fully saturated rings. The second-order valence-electron chi connectivity index (χ2n) is 5.68. The molecule has 1 amide bonds. The zero-order valence-electron chi connectivity index (χ0n) is 14.5. The third kappa shape index (κ3) is 4.35. The Balaban J connectivity index is 1.80. The van der Waals surface area contributed by atoms with Crippen molar-refractivity contribution in [1.82, 2.24) is 4.90 Å². The molecule has 8 heteroatoms. The number of benzene rings is 2. The Bertz CT molecular complexity index is 943. The second-order valence-corrected chi connectivity index (χ2v) is 7.36. The lowest BCUT2D eigenvalue weighted by atomic mass is 10.1. The summed E-state index contributed by atoms with van der Waals surface area (Å²) >= 11 is 6.50. The van der Waals surface area contributed by atoms with Crippen molar-refractivity contribution in [1.29, 1.82) is 0 Å². The molecular weight excluding hydrogens is 384 g/mol. The van der Waals surface area contributed by atoms with E-state index in [1.807, 2.05) is 25.1 Å². The molecule has 2 aromatic carbocycles. The lowest BCUT2D eigenvalue weighted by Crippen LogP contribution is -2.27. The monoisotopic (exact) mass is 400 g/mol. The molecule has 2 aromatic rings. The van der Waals surface area contributed by atoms with Gasteiger partial charge in [0.15, 0.2) is 0 Å². The van der Waals surface area contributed by atoms with Crippen LogP contribution < -0.4 is 4.74 Å². The van der Waals surface area contributed by atoms with Crippen LogP contribution in [0.5, 0.6) is 5.75 Å². The summed E-state index contributed by atoms with van der Waals surface area (Å²) in [5, 5.41) is 10.9. The molecule has 0 saturated carbocycles. The fourth-order valence-electron chi connectivity index (χ4n) is 2.57. The highest BCUT2D eigenvalue weighted by Gasteiger charge is 2.30. The van der Waals surface area contributed by atoms with Crippen molar-refractivity contribution in [2.45, 2.75) is 13.5 Å². The second kappa shape index (κ2) is 8.32. The van der Waals surface area contributed by atoms with Crippen LogP contribution in [-0.2, 0) is 11.4 Å². The van der Waals surface area contributed by atoms with Gasteiger partial charge in [-0.25, -0.2) is 0 Å². The third-order valence-corrected chi connectivity index (χ3v) is 5.29. The van der Waals surface area contributed by atoms with Gasteiger partial charge >= 0.3 is 0 Å². The van der Waals surface area contributed by atoms with Gasteiger partial charge < -0.3 is 4.74 Å². The molecule has 0 atom stereocenters. The van der Waals surface area contributed by atoms with Gasteiger partial charge in [-0.05, 0) is 24.6 Å². The summed E-state index contributed by atoms with van der Waals surface area (Å²) in [6.07, 6.45) is 1.76. The van der Waals surface area contributed by atoms with Crippen molar-refractivity contribution in [2.24, 2.45) is 0 Å². The molecule has 1 heterocycles. The summed E-state index contributed by atoms with van der Waals surface area (Å²) in [4.78, 5) is 24.9. The van der Waals surface area contributed by atoms with E-state index in [4.69, 9.17) is 17.0 Å². The lowest BCUT2D eigenvalue weighted by Gasteiger charge is -2.10. The van der Waals surface area contributed by atoms with Crippen molar-refractivity contribution >= 4 is 46.0 Å². The van der Waals surface area contributed by atoms with E-state index in [2.05, 4.69) is 0 Å². The minimum atomic E-state index is -0.437. The maximum absolute atomic E-state index is 12.4. The van der Waals surface area contributed by atoms with E-state index in [9.17, 15) is 14.9 Å². The Kier molecular flexibility index (Phi) is 5.88. The minimum Gasteiger partial charge on any atom is -0.488 e. The Morgan fingerprint density at radius 1 is 1.26 bits per heavy atom. The van der Waals surface area contributed by atoms with E-state index < -0.39 is 4.92 Å². The highest BCUT2D eigenvalue weighted by Crippen LogP contribution is 2.34. The van der Waals surface area contributed by atoms with Crippen molar-refractivity contribution in [3.63, 3.8) is 0 Å². The Morgan fingerprint density at radius 3 is 2.74 bits per heavy atom. The molecule has 0 unspecified atom stereocenters. The molecule has 6 nitrogen and oxygen atoms in total. The number of amides is 1. The molecule has 1 aliphatic rings. The Morgan fingerprint density at radius 2 is 2.04 bits per heavy atom. The summed E-state index contributed by atoms with van der Waals surface area (Å²) in [5.41, 5.74) is 1.46. The average molecular weight is 400 g/mol. The van der Waals surface area contributed by atoms with Crippen LogP contribution in [0.15, 0.2) is 53.4 Å². The molecule has 1 saturated heterocycles. The number of thiocarbonyl (C=S) groups is 1. The van der Waals surface area contributed by atoms with Crippen LogP contribution in [0.25, 0.3) is 6.08 Å². The first kappa shape index (κ1) is 19.1. The van der Waals surface area contributed by atoms with E-state index in [0.717, 1.165) is 5.56 Å². The molecular formula is C19H16N2O4S2. The summed E-state index contributed by atoms with van der Waals surface area (Å²) < 4.78 is 6.39. The number of rotatable bonds is 6. The van der Waals surface area contributed by atoms with E-state index in [-0.39, 0.29) is 18.2 Å². The van der Waals surface area contributed by atoms with Gasteiger partial charge in [-0.3, -0.25) is 19.8 Å². The summed E-state index contributed by atoms with van der Waals surface area (Å²) in [6, 6.07) is 13.6. The highest BCUT2D eigenvalue weighted by molar-refractivity contribution is 8.26. The number of para-hydroxylation sites is 1. The number of carbonyl (C=O) groups is 1. The number of likely N-dealkylation sites (N-methyl/N-ethyl adjacent to an activating group) is 1. The zero-order chi connectivity index (χ0) is 19.4. The van der Waals surface area contributed by atoms with Crippen LogP contribution in [0.3, 0.4) is 0 Å². The number of hydrogen-bond acceptors (Lipinski definition) is 6. The van der Waals surface area contributed by atoms with Gasteiger partial charge in [0.1, 0.15) is 16.7 Å². The standard InChI is InChI=1S/C19H16N2O4S2/c1-2-20-18(22)17(27-19(20)26)11-14-7-3-4-9-16(14)25-12-13-6-5-8-15(10-13)21(23)24/h3-11H,2,12H2,1H3/b17-11-. The number of thioether (sulfide) groups is 1. The summed E-state index contributed by atoms with van der Waals surface area (Å²) in [5.74, 6) is 0.478. The van der Waals surface area contributed by atoms with Crippen molar-refractivity contribution in [3.8, 4) is 5.75 Å². The average Bonchev–Trinajstić information content (AvgIpc) is 2.94. The number of ether oxygens (including phenoxy) is 1. The van der Waals surface area contributed by atoms with Crippen LogP contribution >= 0.6 is 24.0 Å². The quantitative estimate of drug-likeness (QED) is 0.310. The Labute approximate surface area is 166 Å². The van der Waals surface area contributed by atoms with Gasteiger partial charge in [0, 0.05) is 24.2 Å². The molecule has 0 aromatic heterocycles. The van der Waals surface area contributed by atoms with E-state index in [0.29, 0.717) is 27.1 Å². The molecule has 27 heavy (non-hydrogen) atoms. The number of nitrogens with zero attached hydrogens (tertiary/aromatic N) is 2. The maximum Gasteiger partial charge on any atom is 0.269 e. The van der Waals surface area contributed by atoms with Crippen molar-refractivity contribution in [2.75, 3.05) is 6.54 Å². The molecule has 1 aliphatic heterocycles. The van der Waals surface area contributed by atoms with Crippen LogP contribution in [0.2, 0.25) is 0 Å². The molecule has 0 spiro atoms. The molecule has 138 valence electrons. The predicted octanol–water partition coefficient (Wildman–Crippen LogP) is 4.39. The number of non-ortho nitro benzene ring substituents is 1. The van der Waals surface area contributed by atoms with E-state index in [1.54, 1.807) is 29.2 Å². The van der Waals surface area contributed by atoms with Crippen LogP contribution in [0, 0.1) is 10.1 Å². The van der Waals surface area contributed by atoms with E-state index >= 15 is 0 Å². The van der Waals surface area contributed by atoms with Gasteiger partial charge in [-0.1, -0.05) is 54.3 Å². The number of nitro benzene ring substituents is 1. The van der Waals surface area contributed by atoms with Crippen molar-refractivity contribution in [3.05, 3.63) is 74.7 Å². The predicted molar refractivity (Wildman–Crippen MR) is 109 cm³/mol. The van der Waals surface area contributed by atoms with Crippen LogP contribution in [0.1, 0.15) is 18.1 Å². The van der Waals surface area contributed by atoms with Gasteiger partial charge in [0.2, 0.25) is 0 Å². The first-order chi connectivity index (χ1) is 13.0. The number of hydrogen-bond donors (Lipinski definition) is 0. The molecule has 0 bridgehead atoms. The largest absolute Gasteiger partial charge is 0.488 e. The first-order valence-electron chi connectivity index (χ1n) is 8.20. The fraction of sp³-hybridized carbons (Fsp3) is 0.158. The summed E-state index contributed by atoms with van der Waals surface area (Å²) in [6.45, 7) is 2.60. The van der Waals surface area contributed by atoms with Gasteiger partial charge in [0.05, 0.1) is 9.83 Å². The van der Waals surface area contributed by atoms with Crippen molar-refractivity contribution < 1.29 is 14.5 Å². The normalized spacial score (nSPS) is 15.4. The van der Waals surface area contributed by atoms with E-state index in [1.165, 1.54) is 23.9 Å². The summed E-state index contributed by atoms with van der Waals surface area (Å²) in [7, 11) is 0. The smallest absolute Gasteiger partial charge is 0.269 e. The van der Waals surface area contributed by atoms with Crippen LogP contribution in [0.4, 0.5) is 5.69 Å². The topological polar surface area (TPSA) is 72.7 Å². The van der Waals surface area contributed by atoms with Crippen LogP contribution in [-0.4, -0.2) is 26.6 Å². The SMILES string of the molecule is CCN1C(=O)/C(=C/c2ccccc2OCc2cccc([N+](=O)[O-])c2)SC1=S. The third-order valence-electron chi connectivity index (χ3n) is 3.91. The minimum absolute atomic E-state index is 0.0209. The van der Waals surface area contributed by atoms with Gasteiger partial charge in [-0.2, -0.15) is 0 Å². The maximum atomic E-state index is 12.4. The molecule has 0 radical (unpaired) electrons. The number of carbonyl (C=O) groups excluding carboxylic acids is 1. The highest BCUT2D eigenvalue weighted by atomic mass is 32.2.